The largest absolute Gasteiger partial charge is 0.351 e. The Labute approximate surface area is 204 Å². The summed E-state index contributed by atoms with van der Waals surface area (Å²) in [5.41, 5.74) is 14.1. The lowest BCUT2D eigenvalue weighted by atomic mass is 9.99. The highest BCUT2D eigenvalue weighted by Gasteiger charge is 2.21. The van der Waals surface area contributed by atoms with Gasteiger partial charge in [0.1, 0.15) is 0 Å². The zero-order valence-corrected chi connectivity index (χ0v) is 19.6. The van der Waals surface area contributed by atoms with E-state index in [1.807, 2.05) is 48.5 Å². The molecule has 0 unspecified atom stereocenters. The van der Waals surface area contributed by atoms with Crippen molar-refractivity contribution in [2.45, 2.75) is 37.8 Å². The van der Waals surface area contributed by atoms with Crippen LogP contribution in [-0.4, -0.2) is 35.4 Å². The van der Waals surface area contributed by atoms with Crippen LogP contribution < -0.4 is 22.1 Å². The maximum atomic E-state index is 12.9. The molecule has 6 N–H and O–H groups in total. The molecule has 35 heavy (non-hydrogen) atoms. The van der Waals surface area contributed by atoms with Crippen LogP contribution >= 0.6 is 0 Å². The summed E-state index contributed by atoms with van der Waals surface area (Å²) in [6, 6.07) is 22.8. The van der Waals surface area contributed by atoms with E-state index in [-0.39, 0.29) is 18.2 Å². The number of carbonyl (C=O) groups excluding carboxylic acids is 2. The summed E-state index contributed by atoms with van der Waals surface area (Å²) < 4.78 is 0. The summed E-state index contributed by atoms with van der Waals surface area (Å²) in [6.45, 7) is 0.476. The van der Waals surface area contributed by atoms with E-state index in [1.165, 1.54) is 0 Å². The zero-order chi connectivity index (χ0) is 24.6. The number of nitrogens with zero attached hydrogens (tertiary/aromatic N) is 1. The third-order valence-electron chi connectivity index (χ3n) is 6.00. The van der Waals surface area contributed by atoms with Crippen LogP contribution in [0, 0.1) is 0 Å². The van der Waals surface area contributed by atoms with Gasteiger partial charge in [-0.15, -0.1) is 0 Å². The first-order valence-corrected chi connectivity index (χ1v) is 11.9. The Balaban J connectivity index is 1.48. The van der Waals surface area contributed by atoms with E-state index in [1.54, 1.807) is 6.20 Å². The van der Waals surface area contributed by atoms with Gasteiger partial charge in [-0.05, 0) is 54.3 Å². The van der Waals surface area contributed by atoms with Gasteiger partial charge < -0.3 is 22.1 Å². The molecule has 0 saturated heterocycles. The van der Waals surface area contributed by atoms with Gasteiger partial charge in [0.2, 0.25) is 11.8 Å². The van der Waals surface area contributed by atoms with E-state index >= 15 is 0 Å². The van der Waals surface area contributed by atoms with Crippen molar-refractivity contribution >= 4 is 39.2 Å². The number of hydrogen-bond acceptors (Lipinski definition) is 5. The summed E-state index contributed by atoms with van der Waals surface area (Å²) in [5.74, 6) is -0.479. The van der Waals surface area contributed by atoms with Gasteiger partial charge >= 0.3 is 0 Å². The summed E-state index contributed by atoms with van der Waals surface area (Å²) in [6.07, 6.45) is 3.41. The Morgan fingerprint density at radius 3 is 2.46 bits per heavy atom. The first kappa shape index (κ1) is 24.3. The van der Waals surface area contributed by atoms with E-state index in [4.69, 9.17) is 11.5 Å². The molecule has 0 fully saturated rings. The fourth-order valence-electron chi connectivity index (χ4n) is 4.18. The maximum absolute atomic E-state index is 12.9. The van der Waals surface area contributed by atoms with Gasteiger partial charge in [0, 0.05) is 17.8 Å². The quantitative estimate of drug-likeness (QED) is 0.283. The van der Waals surface area contributed by atoms with E-state index in [9.17, 15) is 9.59 Å². The number of nitrogens with one attached hydrogen (secondary N) is 2. The molecule has 180 valence electrons. The molecule has 2 atom stereocenters. The molecular weight excluding hydrogens is 438 g/mol. The zero-order valence-electron chi connectivity index (χ0n) is 19.6. The van der Waals surface area contributed by atoms with Gasteiger partial charge in [0.25, 0.3) is 0 Å². The molecule has 0 aliphatic rings. The highest BCUT2D eigenvalue weighted by Crippen LogP contribution is 2.19. The average Bonchev–Trinajstić information content (AvgIpc) is 2.87. The highest BCUT2D eigenvalue weighted by molar-refractivity contribution is 5.94. The van der Waals surface area contributed by atoms with E-state index in [0.29, 0.717) is 31.5 Å². The van der Waals surface area contributed by atoms with Gasteiger partial charge in [0.05, 0.1) is 23.4 Å². The molecule has 0 spiro atoms. The number of amides is 2. The molecule has 2 amide bonds. The lowest BCUT2D eigenvalue weighted by Gasteiger charge is -2.21. The molecule has 0 saturated carbocycles. The predicted molar refractivity (Wildman–Crippen MR) is 141 cm³/mol. The van der Waals surface area contributed by atoms with E-state index < -0.39 is 12.1 Å². The number of aromatic nitrogens is 1. The second-order valence-electron chi connectivity index (χ2n) is 8.80. The van der Waals surface area contributed by atoms with Crippen LogP contribution in [0.2, 0.25) is 0 Å². The predicted octanol–water partition coefficient (Wildman–Crippen LogP) is 3.51. The summed E-state index contributed by atoms with van der Waals surface area (Å²) in [4.78, 5) is 30.1. The summed E-state index contributed by atoms with van der Waals surface area (Å²) >= 11 is 0. The number of hydrogen-bond donors (Lipinski definition) is 4. The Kier molecular flexibility index (Phi) is 8.03. The fraction of sp³-hybridized carbons (Fsp3) is 0.250. The molecule has 0 aliphatic carbocycles. The van der Waals surface area contributed by atoms with Gasteiger partial charge in [-0.25, -0.2) is 0 Å². The van der Waals surface area contributed by atoms with Crippen LogP contribution in [0.5, 0.6) is 0 Å². The number of benzene rings is 3. The lowest BCUT2D eigenvalue weighted by molar-refractivity contribution is -0.123. The van der Waals surface area contributed by atoms with Crippen LogP contribution in [0.3, 0.4) is 0 Å². The Morgan fingerprint density at radius 2 is 1.66 bits per heavy atom. The smallest absolute Gasteiger partial charge is 0.237 e. The maximum Gasteiger partial charge on any atom is 0.237 e. The standard InChI is InChI=1S/C28H31N5O2/c29-13-5-9-25(30)28(35)33-23(15-19-11-12-20-6-1-2-7-21(20)14-19)17-27(34)32-24-16-22-8-3-4-10-26(22)31-18-24/h1-4,6-8,10-12,14,16,18,23,25H,5,9,13,15,17,29-30H2,(H,32,34)(H,33,35)/t23-,25-/m0/s1. The number of nitrogens with two attached hydrogens (primary N) is 2. The molecule has 7 heteroatoms. The molecule has 4 rings (SSSR count). The van der Waals surface area contributed by atoms with E-state index in [0.717, 1.165) is 27.2 Å². The third-order valence-corrected chi connectivity index (χ3v) is 6.00. The number of rotatable bonds is 10. The molecule has 7 nitrogen and oxygen atoms in total. The Hall–Kier alpha value is -3.81. The highest BCUT2D eigenvalue weighted by atomic mass is 16.2. The minimum Gasteiger partial charge on any atom is -0.351 e. The molecule has 3 aromatic carbocycles. The van der Waals surface area contributed by atoms with Crippen LogP contribution in [0.4, 0.5) is 5.69 Å². The number of fused-ring (bicyclic) bond motifs is 2. The summed E-state index contributed by atoms with van der Waals surface area (Å²) in [5, 5.41) is 9.10. The van der Waals surface area contributed by atoms with Crippen LogP contribution in [0.25, 0.3) is 21.7 Å². The molecular formula is C28H31N5O2. The van der Waals surface area contributed by atoms with Crippen LogP contribution in [-0.2, 0) is 16.0 Å². The second kappa shape index (κ2) is 11.6. The molecule has 0 radical (unpaired) electrons. The fourth-order valence-corrected chi connectivity index (χ4v) is 4.18. The first-order valence-electron chi connectivity index (χ1n) is 11.9. The van der Waals surface area contributed by atoms with Crippen LogP contribution in [0.1, 0.15) is 24.8 Å². The SMILES string of the molecule is NCCC[C@H](N)C(=O)N[C@H](CC(=O)Nc1cnc2ccccc2c1)Cc1ccc2ccccc2c1. The minimum atomic E-state index is -0.662. The molecule has 1 heterocycles. The number of carbonyl (C=O) groups is 2. The Morgan fingerprint density at radius 1 is 0.914 bits per heavy atom. The van der Waals surface area contributed by atoms with Crippen molar-refractivity contribution in [1.29, 1.82) is 0 Å². The number of pyridine rings is 1. The van der Waals surface area contributed by atoms with Crippen LogP contribution in [0.15, 0.2) is 79.0 Å². The first-order chi connectivity index (χ1) is 17.0. The molecule has 0 bridgehead atoms. The molecule has 4 aromatic rings. The van der Waals surface area contributed by atoms with Crippen molar-refractivity contribution in [1.82, 2.24) is 10.3 Å². The molecule has 1 aromatic heterocycles. The number of para-hydroxylation sites is 1. The number of anilines is 1. The monoisotopic (exact) mass is 469 g/mol. The van der Waals surface area contributed by atoms with Crippen molar-refractivity contribution in [2.24, 2.45) is 11.5 Å². The van der Waals surface area contributed by atoms with Crippen molar-refractivity contribution < 1.29 is 9.59 Å². The van der Waals surface area contributed by atoms with Crippen molar-refractivity contribution in [2.75, 3.05) is 11.9 Å². The van der Waals surface area contributed by atoms with Crippen molar-refractivity contribution in [3.63, 3.8) is 0 Å². The topological polar surface area (TPSA) is 123 Å². The normalized spacial score (nSPS) is 12.9. The lowest BCUT2D eigenvalue weighted by Crippen LogP contribution is -2.47. The van der Waals surface area contributed by atoms with Crippen molar-refractivity contribution in [3.8, 4) is 0 Å². The minimum absolute atomic E-state index is 0.106. The third kappa shape index (κ3) is 6.62. The average molecular weight is 470 g/mol. The van der Waals surface area contributed by atoms with Gasteiger partial charge in [-0.1, -0.05) is 60.7 Å². The van der Waals surface area contributed by atoms with E-state index in [2.05, 4.69) is 39.9 Å². The summed E-state index contributed by atoms with van der Waals surface area (Å²) in [7, 11) is 0. The second-order valence-corrected chi connectivity index (χ2v) is 8.80. The van der Waals surface area contributed by atoms with Gasteiger partial charge in [-0.3, -0.25) is 14.6 Å². The van der Waals surface area contributed by atoms with Crippen molar-refractivity contribution in [3.05, 3.63) is 84.6 Å². The van der Waals surface area contributed by atoms with Gasteiger partial charge in [0.15, 0.2) is 0 Å². The molecule has 0 aliphatic heterocycles. The Bertz CT molecular complexity index is 1320. The van der Waals surface area contributed by atoms with Gasteiger partial charge in [-0.2, -0.15) is 0 Å².